The Hall–Kier alpha value is -2.32. The number of benzene rings is 2. The third-order valence-corrected chi connectivity index (χ3v) is 6.51. The number of aryl methyl sites for hydroxylation is 1. The minimum Gasteiger partial charge on any atom is -0.494 e. The lowest BCUT2D eigenvalue weighted by molar-refractivity contribution is 0.0322. The van der Waals surface area contributed by atoms with Crippen molar-refractivity contribution in [3.63, 3.8) is 0 Å². The number of nitrogens with one attached hydrogen (secondary N) is 1. The first-order valence-electron chi connectivity index (χ1n) is 13.8. The quantitative estimate of drug-likeness (QED) is 0.199. The van der Waals surface area contributed by atoms with Gasteiger partial charge < -0.3 is 29.0 Å². The van der Waals surface area contributed by atoms with Gasteiger partial charge in [0, 0.05) is 20.8 Å². The Bertz CT molecular complexity index is 873. The molecule has 1 heterocycles. The molecule has 3 rings (SSSR count). The molecule has 2 aromatic carbocycles. The molecule has 37 heavy (non-hydrogen) atoms. The third kappa shape index (κ3) is 11.7. The van der Waals surface area contributed by atoms with Crippen molar-refractivity contribution >= 4 is 0 Å². The number of ether oxygens (including phenoxy) is 5. The van der Waals surface area contributed by atoms with Crippen molar-refractivity contribution in [1.29, 1.82) is 0 Å². The van der Waals surface area contributed by atoms with Crippen LogP contribution >= 0.6 is 0 Å². The standard InChI is InChI=1S/C30H46N2O5/c1-33-24-36-29-15-14-26(22-30(29)37-25-34-2)11-5-3-6-16-31-17-10-20-35-28-13-9-12-27(21-28)23-32-18-7-4-8-19-32/h9,12-15,21-22,31H,3-8,10-11,16-20,23-25H2,1-2H3. The van der Waals surface area contributed by atoms with Crippen LogP contribution in [0.4, 0.5) is 0 Å². The zero-order chi connectivity index (χ0) is 26.0. The molecule has 1 fully saturated rings. The molecule has 0 unspecified atom stereocenters. The molecular formula is C30H46N2O5. The zero-order valence-electron chi connectivity index (χ0n) is 22.8. The second-order valence-corrected chi connectivity index (χ2v) is 9.63. The van der Waals surface area contributed by atoms with E-state index in [0.29, 0.717) is 11.5 Å². The first-order chi connectivity index (χ1) is 18.3. The predicted molar refractivity (Wildman–Crippen MR) is 148 cm³/mol. The van der Waals surface area contributed by atoms with Crippen LogP contribution in [0.25, 0.3) is 0 Å². The van der Waals surface area contributed by atoms with E-state index in [1.54, 1.807) is 14.2 Å². The van der Waals surface area contributed by atoms with Gasteiger partial charge in [-0.3, -0.25) is 4.90 Å². The van der Waals surface area contributed by atoms with Crippen LogP contribution in [0.1, 0.15) is 56.1 Å². The SMILES string of the molecule is COCOc1ccc(CCCCCNCCCOc2cccc(CN3CCCCC3)c2)cc1OCOC. The van der Waals surface area contributed by atoms with E-state index in [9.17, 15) is 0 Å². The molecule has 1 N–H and O–H groups in total. The lowest BCUT2D eigenvalue weighted by Crippen LogP contribution is -2.29. The van der Waals surface area contributed by atoms with Gasteiger partial charge in [0.1, 0.15) is 5.75 Å². The number of likely N-dealkylation sites (tertiary alicyclic amines) is 1. The van der Waals surface area contributed by atoms with Gasteiger partial charge in [-0.15, -0.1) is 0 Å². The van der Waals surface area contributed by atoms with Gasteiger partial charge in [-0.2, -0.15) is 0 Å². The van der Waals surface area contributed by atoms with E-state index in [4.69, 9.17) is 23.7 Å². The van der Waals surface area contributed by atoms with Crippen molar-refractivity contribution in [2.75, 3.05) is 60.6 Å². The maximum absolute atomic E-state index is 6.00. The highest BCUT2D eigenvalue weighted by Crippen LogP contribution is 2.29. The Labute approximate surface area is 223 Å². The molecular weight excluding hydrogens is 468 g/mol. The molecule has 7 heteroatoms. The van der Waals surface area contributed by atoms with E-state index in [1.165, 1.54) is 56.3 Å². The molecule has 0 spiro atoms. The number of hydrogen-bond acceptors (Lipinski definition) is 7. The molecule has 0 radical (unpaired) electrons. The van der Waals surface area contributed by atoms with E-state index in [0.717, 1.165) is 51.3 Å². The molecule has 2 aromatic rings. The van der Waals surface area contributed by atoms with Crippen molar-refractivity contribution in [2.45, 2.75) is 57.9 Å². The summed E-state index contributed by atoms with van der Waals surface area (Å²) in [5.74, 6) is 2.35. The van der Waals surface area contributed by atoms with Crippen molar-refractivity contribution < 1.29 is 23.7 Å². The molecule has 0 aromatic heterocycles. The van der Waals surface area contributed by atoms with Crippen LogP contribution in [0, 0.1) is 0 Å². The Balaban J connectivity index is 1.23. The van der Waals surface area contributed by atoms with Gasteiger partial charge in [0.05, 0.1) is 6.61 Å². The van der Waals surface area contributed by atoms with Gasteiger partial charge in [-0.05, 0) is 100 Å². The van der Waals surface area contributed by atoms with Crippen LogP contribution in [0.3, 0.4) is 0 Å². The van der Waals surface area contributed by atoms with Crippen LogP contribution in [0.15, 0.2) is 42.5 Å². The molecule has 206 valence electrons. The fraction of sp³-hybridized carbons (Fsp3) is 0.600. The topological polar surface area (TPSA) is 61.4 Å². The molecule has 7 nitrogen and oxygen atoms in total. The maximum Gasteiger partial charge on any atom is 0.188 e. The Morgan fingerprint density at radius 1 is 0.730 bits per heavy atom. The van der Waals surface area contributed by atoms with Gasteiger partial charge >= 0.3 is 0 Å². The Morgan fingerprint density at radius 2 is 1.51 bits per heavy atom. The number of nitrogens with zero attached hydrogens (tertiary/aromatic N) is 1. The fourth-order valence-corrected chi connectivity index (χ4v) is 4.56. The van der Waals surface area contributed by atoms with Crippen molar-refractivity contribution in [3.8, 4) is 17.2 Å². The number of methoxy groups -OCH3 is 2. The molecule has 0 atom stereocenters. The summed E-state index contributed by atoms with van der Waals surface area (Å²) in [6, 6.07) is 14.7. The molecule has 1 aliphatic heterocycles. The lowest BCUT2D eigenvalue weighted by atomic mass is 10.1. The van der Waals surface area contributed by atoms with E-state index < -0.39 is 0 Å². The molecule has 0 aliphatic carbocycles. The largest absolute Gasteiger partial charge is 0.494 e. The number of unbranched alkanes of at least 4 members (excludes halogenated alkanes) is 2. The Kier molecular flexibility index (Phi) is 14.2. The number of hydrogen-bond donors (Lipinski definition) is 1. The summed E-state index contributed by atoms with van der Waals surface area (Å²) in [7, 11) is 3.21. The Morgan fingerprint density at radius 3 is 2.32 bits per heavy atom. The summed E-state index contributed by atoms with van der Waals surface area (Å²) in [5.41, 5.74) is 2.59. The smallest absolute Gasteiger partial charge is 0.188 e. The summed E-state index contributed by atoms with van der Waals surface area (Å²) >= 11 is 0. The van der Waals surface area contributed by atoms with Gasteiger partial charge in [0.2, 0.25) is 0 Å². The first-order valence-corrected chi connectivity index (χ1v) is 13.8. The number of piperidine rings is 1. The zero-order valence-corrected chi connectivity index (χ0v) is 22.8. The van der Waals surface area contributed by atoms with Crippen LogP contribution in [-0.4, -0.2) is 65.5 Å². The summed E-state index contributed by atoms with van der Waals surface area (Å²) in [4.78, 5) is 2.55. The monoisotopic (exact) mass is 514 g/mol. The average Bonchev–Trinajstić information content (AvgIpc) is 2.93. The van der Waals surface area contributed by atoms with Crippen LogP contribution in [-0.2, 0) is 22.4 Å². The summed E-state index contributed by atoms with van der Waals surface area (Å²) in [6.45, 7) is 6.63. The summed E-state index contributed by atoms with van der Waals surface area (Å²) in [5, 5.41) is 3.55. The predicted octanol–water partition coefficient (Wildman–Crippen LogP) is 5.41. The molecule has 0 saturated carbocycles. The van der Waals surface area contributed by atoms with E-state index in [1.807, 2.05) is 12.1 Å². The maximum atomic E-state index is 6.00. The van der Waals surface area contributed by atoms with E-state index in [2.05, 4.69) is 40.5 Å². The van der Waals surface area contributed by atoms with Crippen LogP contribution < -0.4 is 19.5 Å². The second kappa shape index (κ2) is 18.0. The van der Waals surface area contributed by atoms with E-state index in [-0.39, 0.29) is 13.6 Å². The average molecular weight is 515 g/mol. The highest BCUT2D eigenvalue weighted by Gasteiger charge is 2.11. The van der Waals surface area contributed by atoms with E-state index >= 15 is 0 Å². The minimum absolute atomic E-state index is 0.188. The van der Waals surface area contributed by atoms with Crippen LogP contribution in [0.5, 0.6) is 17.2 Å². The first kappa shape index (κ1) is 29.2. The van der Waals surface area contributed by atoms with Gasteiger partial charge in [-0.25, -0.2) is 0 Å². The molecule has 0 bridgehead atoms. The lowest BCUT2D eigenvalue weighted by Gasteiger charge is -2.26. The van der Waals surface area contributed by atoms with Crippen molar-refractivity contribution in [3.05, 3.63) is 53.6 Å². The number of rotatable bonds is 19. The minimum atomic E-state index is 0.188. The van der Waals surface area contributed by atoms with Crippen LogP contribution in [0.2, 0.25) is 0 Å². The summed E-state index contributed by atoms with van der Waals surface area (Å²) in [6.07, 6.45) is 9.55. The fourth-order valence-electron chi connectivity index (χ4n) is 4.56. The van der Waals surface area contributed by atoms with Gasteiger partial charge in [0.25, 0.3) is 0 Å². The van der Waals surface area contributed by atoms with Crippen molar-refractivity contribution in [1.82, 2.24) is 10.2 Å². The summed E-state index contributed by atoms with van der Waals surface area (Å²) < 4.78 is 27.3. The van der Waals surface area contributed by atoms with Crippen molar-refractivity contribution in [2.24, 2.45) is 0 Å². The molecule has 0 amide bonds. The normalized spacial score (nSPS) is 14.0. The molecule has 1 saturated heterocycles. The second-order valence-electron chi connectivity index (χ2n) is 9.63. The third-order valence-electron chi connectivity index (χ3n) is 6.51. The van der Waals surface area contributed by atoms with Gasteiger partial charge in [-0.1, -0.05) is 31.0 Å². The van der Waals surface area contributed by atoms with Gasteiger partial charge in [0.15, 0.2) is 25.1 Å². The highest BCUT2D eigenvalue weighted by molar-refractivity contribution is 5.43. The highest BCUT2D eigenvalue weighted by atomic mass is 16.7. The molecule has 1 aliphatic rings.